The molecule has 0 aliphatic heterocycles. The van der Waals surface area contributed by atoms with E-state index in [-0.39, 0.29) is 24.0 Å². The molecule has 7 heteroatoms. The molecule has 0 amide bonds. The Morgan fingerprint density at radius 1 is 1.23 bits per heavy atom. The average molecular weight is 420 g/mol. The van der Waals surface area contributed by atoms with Crippen LogP contribution in [0.1, 0.15) is 45.4 Å². The summed E-state index contributed by atoms with van der Waals surface area (Å²) >= 11 is 0. The van der Waals surface area contributed by atoms with Crippen molar-refractivity contribution in [3.8, 4) is 0 Å². The van der Waals surface area contributed by atoms with Crippen LogP contribution in [0.3, 0.4) is 0 Å². The van der Waals surface area contributed by atoms with Crippen molar-refractivity contribution in [3.05, 3.63) is 12.7 Å². The lowest BCUT2D eigenvalue weighted by atomic mass is 9.67. The van der Waals surface area contributed by atoms with Gasteiger partial charge < -0.3 is 15.2 Å². The highest BCUT2D eigenvalue weighted by Crippen LogP contribution is 2.42. The van der Waals surface area contributed by atoms with Crippen molar-refractivity contribution in [2.24, 2.45) is 10.4 Å². The molecule has 6 nitrogen and oxygen atoms in total. The van der Waals surface area contributed by atoms with E-state index >= 15 is 0 Å². The van der Waals surface area contributed by atoms with Gasteiger partial charge in [0.15, 0.2) is 5.96 Å². The number of rotatable bonds is 8. The van der Waals surface area contributed by atoms with Crippen LogP contribution in [0.25, 0.3) is 0 Å². The number of unbranched alkanes of at least 4 members (excludes halogenated alkanes) is 1. The summed E-state index contributed by atoms with van der Waals surface area (Å²) < 4.78 is 2.01. The second-order valence-electron chi connectivity index (χ2n) is 5.97. The number of guanidine groups is 1. The zero-order valence-corrected chi connectivity index (χ0v) is 16.0. The molecular formula is C15H29IN6. The molecule has 126 valence electrons. The third-order valence-corrected chi connectivity index (χ3v) is 4.62. The third-order valence-electron chi connectivity index (χ3n) is 4.62. The maximum absolute atomic E-state index is 4.30. The Bertz CT molecular complexity index is 422. The van der Waals surface area contributed by atoms with E-state index in [1.54, 1.807) is 12.7 Å². The molecule has 0 radical (unpaired) electrons. The lowest BCUT2D eigenvalue weighted by Gasteiger charge is -2.41. The summed E-state index contributed by atoms with van der Waals surface area (Å²) in [6.07, 6.45) is 11.1. The molecule has 0 atom stereocenters. The van der Waals surface area contributed by atoms with E-state index in [0.717, 1.165) is 38.4 Å². The van der Waals surface area contributed by atoms with Crippen molar-refractivity contribution in [1.82, 2.24) is 25.4 Å². The fourth-order valence-electron chi connectivity index (χ4n) is 2.79. The van der Waals surface area contributed by atoms with Crippen LogP contribution in [0.2, 0.25) is 0 Å². The van der Waals surface area contributed by atoms with Crippen molar-refractivity contribution in [3.63, 3.8) is 0 Å². The molecule has 0 saturated heterocycles. The van der Waals surface area contributed by atoms with E-state index in [1.807, 2.05) is 11.6 Å². The van der Waals surface area contributed by atoms with E-state index in [2.05, 4.69) is 32.7 Å². The molecule has 0 spiro atoms. The number of nitrogens with one attached hydrogen (secondary N) is 2. The number of aliphatic imine (C=N–C) groups is 1. The molecular weight excluding hydrogens is 391 g/mol. The molecule has 1 fully saturated rings. The summed E-state index contributed by atoms with van der Waals surface area (Å²) in [5.74, 6) is 0.930. The average Bonchev–Trinajstić information content (AvgIpc) is 2.97. The minimum atomic E-state index is 0. The number of aryl methyl sites for hydroxylation is 1. The van der Waals surface area contributed by atoms with Crippen LogP contribution < -0.4 is 10.6 Å². The number of hydrogen-bond donors (Lipinski definition) is 2. The van der Waals surface area contributed by atoms with Gasteiger partial charge in [0.2, 0.25) is 0 Å². The van der Waals surface area contributed by atoms with Gasteiger partial charge in [0.25, 0.3) is 0 Å². The fraction of sp³-hybridized carbons (Fsp3) is 0.800. The smallest absolute Gasteiger partial charge is 0.190 e. The van der Waals surface area contributed by atoms with Gasteiger partial charge in [-0.15, -0.1) is 34.2 Å². The molecule has 1 aliphatic rings. The van der Waals surface area contributed by atoms with Crippen LogP contribution >= 0.6 is 24.0 Å². The Morgan fingerprint density at radius 3 is 2.50 bits per heavy atom. The van der Waals surface area contributed by atoms with Crippen molar-refractivity contribution >= 4 is 29.9 Å². The highest BCUT2D eigenvalue weighted by Gasteiger charge is 2.34. The monoisotopic (exact) mass is 420 g/mol. The number of aromatic nitrogens is 3. The minimum Gasteiger partial charge on any atom is -0.356 e. The molecule has 2 rings (SSSR count). The zero-order valence-electron chi connectivity index (χ0n) is 13.7. The standard InChI is InChI=1S/C15H28N6.HI/c1-3-15(7-6-8-15)11-18-14(16-2)17-9-4-5-10-21-12-19-20-13-21;/h12-13H,3-11H2,1-2H3,(H2,16,17,18);1H. The third kappa shape index (κ3) is 5.73. The first-order valence-corrected chi connectivity index (χ1v) is 8.05. The van der Waals surface area contributed by atoms with Crippen LogP contribution in [0.5, 0.6) is 0 Å². The van der Waals surface area contributed by atoms with Crippen LogP contribution in [0.15, 0.2) is 17.6 Å². The lowest BCUT2D eigenvalue weighted by molar-refractivity contribution is 0.131. The molecule has 0 bridgehead atoms. The zero-order chi connectivity index (χ0) is 15.0. The number of hydrogen-bond acceptors (Lipinski definition) is 3. The Kier molecular flexibility index (Phi) is 8.74. The predicted octanol–water partition coefficient (Wildman–Crippen LogP) is 2.42. The Balaban J connectivity index is 0.00000242. The van der Waals surface area contributed by atoms with E-state index in [0.29, 0.717) is 5.41 Å². The van der Waals surface area contributed by atoms with Gasteiger partial charge in [0, 0.05) is 26.7 Å². The Labute approximate surface area is 150 Å². The summed E-state index contributed by atoms with van der Waals surface area (Å²) in [7, 11) is 1.84. The molecule has 1 heterocycles. The van der Waals surface area contributed by atoms with Gasteiger partial charge in [-0.3, -0.25) is 4.99 Å². The lowest BCUT2D eigenvalue weighted by Crippen LogP contribution is -2.46. The van der Waals surface area contributed by atoms with Crippen LogP contribution in [0.4, 0.5) is 0 Å². The van der Waals surface area contributed by atoms with Crippen LogP contribution in [-0.4, -0.2) is 40.9 Å². The largest absolute Gasteiger partial charge is 0.356 e. The van der Waals surface area contributed by atoms with Gasteiger partial charge in [-0.25, -0.2) is 0 Å². The normalized spacial score (nSPS) is 16.5. The summed E-state index contributed by atoms with van der Waals surface area (Å²) in [6, 6.07) is 0. The summed E-state index contributed by atoms with van der Waals surface area (Å²) in [4.78, 5) is 4.30. The van der Waals surface area contributed by atoms with Gasteiger partial charge in [0.1, 0.15) is 12.7 Å². The topological polar surface area (TPSA) is 67.1 Å². The minimum absolute atomic E-state index is 0. The van der Waals surface area contributed by atoms with Crippen molar-refractivity contribution in [2.75, 3.05) is 20.1 Å². The van der Waals surface area contributed by atoms with E-state index in [9.17, 15) is 0 Å². The second kappa shape index (κ2) is 10.0. The van der Waals surface area contributed by atoms with E-state index < -0.39 is 0 Å². The quantitative estimate of drug-likeness (QED) is 0.294. The fourth-order valence-corrected chi connectivity index (χ4v) is 2.79. The van der Waals surface area contributed by atoms with Gasteiger partial charge in [-0.2, -0.15) is 0 Å². The number of nitrogens with zero attached hydrogens (tertiary/aromatic N) is 4. The summed E-state index contributed by atoms with van der Waals surface area (Å²) in [5, 5.41) is 14.5. The maximum Gasteiger partial charge on any atom is 0.190 e. The Hall–Kier alpha value is -0.860. The van der Waals surface area contributed by atoms with Crippen molar-refractivity contribution in [1.29, 1.82) is 0 Å². The summed E-state index contributed by atoms with van der Waals surface area (Å²) in [6.45, 7) is 5.26. The molecule has 1 saturated carbocycles. The van der Waals surface area contributed by atoms with Gasteiger partial charge >= 0.3 is 0 Å². The van der Waals surface area contributed by atoms with Crippen molar-refractivity contribution < 1.29 is 0 Å². The van der Waals surface area contributed by atoms with E-state index in [4.69, 9.17) is 0 Å². The van der Waals surface area contributed by atoms with Crippen LogP contribution in [0, 0.1) is 5.41 Å². The summed E-state index contributed by atoms with van der Waals surface area (Å²) in [5.41, 5.74) is 0.520. The molecule has 1 aliphatic carbocycles. The highest BCUT2D eigenvalue weighted by atomic mass is 127. The predicted molar refractivity (Wildman–Crippen MR) is 101 cm³/mol. The van der Waals surface area contributed by atoms with Crippen LogP contribution in [-0.2, 0) is 6.54 Å². The SMILES string of the molecule is CCC1(CNC(=NC)NCCCCn2cnnc2)CCC1.I. The first-order valence-electron chi connectivity index (χ1n) is 8.05. The van der Waals surface area contributed by atoms with E-state index in [1.165, 1.54) is 25.7 Å². The number of halogens is 1. The van der Waals surface area contributed by atoms with Gasteiger partial charge in [-0.1, -0.05) is 13.3 Å². The highest BCUT2D eigenvalue weighted by molar-refractivity contribution is 14.0. The first kappa shape index (κ1) is 19.2. The molecule has 0 unspecified atom stereocenters. The molecule has 22 heavy (non-hydrogen) atoms. The van der Waals surface area contributed by atoms with Gasteiger partial charge in [-0.05, 0) is 37.5 Å². The second-order valence-corrected chi connectivity index (χ2v) is 5.97. The maximum atomic E-state index is 4.30. The molecule has 1 aromatic rings. The van der Waals surface area contributed by atoms with Gasteiger partial charge in [0.05, 0.1) is 0 Å². The van der Waals surface area contributed by atoms with Crippen molar-refractivity contribution in [2.45, 2.75) is 52.0 Å². The molecule has 1 aromatic heterocycles. The molecule has 0 aromatic carbocycles. The Morgan fingerprint density at radius 2 is 1.95 bits per heavy atom. The molecule has 2 N–H and O–H groups in total. The first-order chi connectivity index (χ1) is 10.3.